The smallest absolute Gasteiger partial charge is 0.145 e. The summed E-state index contributed by atoms with van der Waals surface area (Å²) in [5.74, 6) is 6.66. The van der Waals surface area contributed by atoms with E-state index in [0.29, 0.717) is 10.7 Å². The highest BCUT2D eigenvalue weighted by molar-refractivity contribution is 8.26. The number of imidazole rings is 1. The lowest BCUT2D eigenvalue weighted by atomic mass is 10.1. The molecule has 1 aromatic rings. The van der Waals surface area contributed by atoms with Gasteiger partial charge in [0, 0.05) is 28.4 Å². The summed E-state index contributed by atoms with van der Waals surface area (Å²) in [5, 5.41) is 9.83. The average molecular weight is 366 g/mol. The first-order valence-corrected chi connectivity index (χ1v) is 9.02. The number of hydrogen-bond acceptors (Lipinski definition) is 4. The van der Waals surface area contributed by atoms with E-state index >= 15 is 0 Å². The second-order valence-electron chi connectivity index (χ2n) is 4.44. The first-order chi connectivity index (χ1) is 10.7. The first-order valence-electron chi connectivity index (χ1n) is 6.34. The lowest BCUT2D eigenvalue weighted by Gasteiger charge is -2.11. The maximum Gasteiger partial charge on any atom is 0.145 e. The molecule has 2 atom stereocenters. The summed E-state index contributed by atoms with van der Waals surface area (Å²) < 4.78 is 2.70. The highest BCUT2D eigenvalue weighted by Crippen LogP contribution is 2.48. The van der Waals surface area contributed by atoms with E-state index in [0.717, 1.165) is 15.6 Å². The number of hydrogen-bond donors (Lipinski definition) is 0. The molecule has 3 nitrogen and oxygen atoms in total. The number of alkyl halides is 1. The van der Waals surface area contributed by atoms with Crippen molar-refractivity contribution < 1.29 is 0 Å². The number of nitriles is 1. The van der Waals surface area contributed by atoms with Crippen molar-refractivity contribution in [2.45, 2.75) is 10.6 Å². The van der Waals surface area contributed by atoms with Crippen LogP contribution in [0.4, 0.5) is 0 Å². The third kappa shape index (κ3) is 3.24. The maximum absolute atomic E-state index is 9.41. The quantitative estimate of drug-likeness (QED) is 0.450. The summed E-state index contributed by atoms with van der Waals surface area (Å²) in [4.78, 5) is 3.99. The normalized spacial score (nSPS) is 26.2. The number of nitrogens with zero attached hydrogens (tertiary/aromatic N) is 3. The van der Waals surface area contributed by atoms with Crippen molar-refractivity contribution in [1.82, 2.24) is 9.55 Å². The largest absolute Gasteiger partial charge is 0.296 e. The molecule has 22 heavy (non-hydrogen) atoms. The van der Waals surface area contributed by atoms with Crippen molar-refractivity contribution in [2.24, 2.45) is 0 Å². The van der Waals surface area contributed by atoms with Gasteiger partial charge in [0.2, 0.25) is 0 Å². The second kappa shape index (κ2) is 6.89. The molecular formula is C15H9Cl2N3S2. The van der Waals surface area contributed by atoms with Crippen LogP contribution in [0.1, 0.15) is 0 Å². The Balaban J connectivity index is 1.87. The van der Waals surface area contributed by atoms with Gasteiger partial charge < -0.3 is 0 Å². The molecule has 1 aliphatic carbocycles. The van der Waals surface area contributed by atoms with E-state index in [9.17, 15) is 5.26 Å². The molecule has 1 aromatic heterocycles. The van der Waals surface area contributed by atoms with Gasteiger partial charge >= 0.3 is 0 Å². The number of aromatic nitrogens is 2. The van der Waals surface area contributed by atoms with Gasteiger partial charge in [0.1, 0.15) is 17.1 Å². The zero-order chi connectivity index (χ0) is 15.5. The van der Waals surface area contributed by atoms with Crippen LogP contribution in [0.3, 0.4) is 0 Å². The molecule has 1 saturated heterocycles. The fourth-order valence-corrected chi connectivity index (χ4v) is 5.55. The molecule has 3 rings (SSSR count). The van der Waals surface area contributed by atoms with Gasteiger partial charge in [0.25, 0.3) is 0 Å². The monoisotopic (exact) mass is 365 g/mol. The number of thioether (sulfide) groups is 2. The van der Waals surface area contributed by atoms with Gasteiger partial charge in [0.05, 0.1) is 10.6 Å². The van der Waals surface area contributed by atoms with Gasteiger partial charge in [-0.15, -0.1) is 35.1 Å². The molecule has 1 fully saturated rings. The van der Waals surface area contributed by atoms with Crippen LogP contribution < -0.4 is 0 Å². The minimum absolute atomic E-state index is 0.159. The minimum atomic E-state index is -0.365. The summed E-state index contributed by atoms with van der Waals surface area (Å²) in [6.07, 6.45) is 8.63. The zero-order valence-corrected chi connectivity index (χ0v) is 14.3. The second-order valence-corrected chi connectivity index (χ2v) is 7.82. The van der Waals surface area contributed by atoms with Crippen molar-refractivity contribution >= 4 is 52.4 Å². The molecule has 0 radical (unpaired) electrons. The van der Waals surface area contributed by atoms with E-state index < -0.39 is 0 Å². The Kier molecular flexibility index (Phi) is 4.90. The molecule has 2 aliphatic rings. The van der Waals surface area contributed by atoms with Gasteiger partial charge in [-0.1, -0.05) is 23.4 Å². The molecule has 2 unspecified atom stereocenters. The van der Waals surface area contributed by atoms with Crippen LogP contribution in [-0.2, 0) is 0 Å². The van der Waals surface area contributed by atoms with Crippen molar-refractivity contribution in [3.63, 3.8) is 0 Å². The van der Waals surface area contributed by atoms with Crippen molar-refractivity contribution in [2.75, 3.05) is 5.75 Å². The number of rotatable bonds is 2. The van der Waals surface area contributed by atoms with Gasteiger partial charge in [0.15, 0.2) is 0 Å². The van der Waals surface area contributed by atoms with E-state index in [1.165, 1.54) is 0 Å². The standard InChI is InChI=1S/C15H9Cl2N3S2/c16-10-2-1-3-11(12(17)6-10)14-8-21-15(22-14)13(7-18)20-5-4-19-9-20/h3-6,9-10,14H,8H2. The van der Waals surface area contributed by atoms with Crippen molar-refractivity contribution in [1.29, 1.82) is 5.26 Å². The topological polar surface area (TPSA) is 41.6 Å². The fourth-order valence-electron chi connectivity index (χ4n) is 2.01. The SMILES string of the molecule is N#CC(=C1SCC(C2=CC#CC(Cl)C=C2Cl)S1)n1ccnc1. The van der Waals surface area contributed by atoms with E-state index in [1.807, 2.05) is 6.08 Å². The highest BCUT2D eigenvalue weighted by Gasteiger charge is 2.29. The summed E-state index contributed by atoms with van der Waals surface area (Å²) in [5.41, 5.74) is 1.55. The Morgan fingerprint density at radius 3 is 3.14 bits per heavy atom. The maximum atomic E-state index is 9.41. The van der Waals surface area contributed by atoms with E-state index in [2.05, 4.69) is 22.9 Å². The van der Waals surface area contributed by atoms with Crippen LogP contribution in [0.2, 0.25) is 0 Å². The minimum Gasteiger partial charge on any atom is -0.296 e. The summed E-state index contributed by atoms with van der Waals surface area (Å²) >= 11 is 15.6. The molecular weight excluding hydrogens is 357 g/mol. The first kappa shape index (κ1) is 15.6. The molecule has 0 saturated carbocycles. The average Bonchev–Trinajstić information content (AvgIpc) is 3.14. The molecule has 7 heteroatoms. The van der Waals surface area contributed by atoms with Gasteiger partial charge in [-0.3, -0.25) is 4.57 Å². The third-order valence-electron chi connectivity index (χ3n) is 3.04. The van der Waals surface area contributed by atoms with Gasteiger partial charge in [-0.2, -0.15) is 5.26 Å². The molecule has 0 bridgehead atoms. The van der Waals surface area contributed by atoms with Gasteiger partial charge in [-0.25, -0.2) is 4.98 Å². The lowest BCUT2D eigenvalue weighted by molar-refractivity contribution is 1.10. The van der Waals surface area contributed by atoms with E-state index in [4.69, 9.17) is 23.2 Å². The predicted molar refractivity (Wildman–Crippen MR) is 94.3 cm³/mol. The molecule has 1 aliphatic heterocycles. The van der Waals surface area contributed by atoms with Crippen LogP contribution in [-0.4, -0.2) is 25.9 Å². The highest BCUT2D eigenvalue weighted by atomic mass is 35.5. The Hall–Kier alpha value is -1.24. The summed E-state index contributed by atoms with van der Waals surface area (Å²) in [6, 6.07) is 2.25. The van der Waals surface area contributed by atoms with Crippen LogP contribution in [0.15, 0.2) is 45.7 Å². The fraction of sp³-hybridized carbons (Fsp3) is 0.200. The van der Waals surface area contributed by atoms with E-state index in [1.54, 1.807) is 52.9 Å². The van der Waals surface area contributed by atoms with Crippen LogP contribution >= 0.6 is 46.7 Å². The Morgan fingerprint density at radius 1 is 1.55 bits per heavy atom. The summed E-state index contributed by atoms with van der Waals surface area (Å²) in [6.45, 7) is 0. The third-order valence-corrected chi connectivity index (χ3v) is 6.54. The number of halogens is 2. The Bertz CT molecular complexity index is 776. The molecule has 0 aromatic carbocycles. The number of allylic oxidation sites excluding steroid dienone is 4. The lowest BCUT2D eigenvalue weighted by Crippen LogP contribution is -2.06. The predicted octanol–water partition coefficient (Wildman–Crippen LogP) is 4.05. The van der Waals surface area contributed by atoms with Crippen molar-refractivity contribution in [3.05, 3.63) is 45.7 Å². The van der Waals surface area contributed by atoms with Crippen LogP contribution in [0.25, 0.3) is 5.70 Å². The van der Waals surface area contributed by atoms with Crippen molar-refractivity contribution in [3.8, 4) is 17.9 Å². The zero-order valence-electron chi connectivity index (χ0n) is 11.2. The summed E-state index contributed by atoms with van der Waals surface area (Å²) in [7, 11) is 0. The van der Waals surface area contributed by atoms with Crippen LogP contribution in [0.5, 0.6) is 0 Å². The molecule has 0 amide bonds. The Labute approximate surface area is 147 Å². The van der Waals surface area contributed by atoms with Gasteiger partial charge in [-0.05, 0) is 17.7 Å². The molecule has 2 heterocycles. The molecule has 0 spiro atoms. The Morgan fingerprint density at radius 2 is 2.41 bits per heavy atom. The van der Waals surface area contributed by atoms with E-state index in [-0.39, 0.29) is 10.6 Å². The molecule has 110 valence electrons. The van der Waals surface area contributed by atoms with Crippen LogP contribution in [0, 0.1) is 23.2 Å². The molecule has 0 N–H and O–H groups in total.